The van der Waals surface area contributed by atoms with E-state index >= 15 is 0 Å². The van der Waals surface area contributed by atoms with E-state index in [0.717, 1.165) is 33.3 Å². The maximum absolute atomic E-state index is 12.5. The minimum Gasteiger partial charge on any atom is -0.497 e. The molecule has 4 rings (SSSR count). The fraction of sp³-hybridized carbons (Fsp3) is 0.136. The van der Waals surface area contributed by atoms with Crippen LogP contribution < -0.4 is 14.8 Å². The molecule has 1 heterocycles. The van der Waals surface area contributed by atoms with Crippen molar-refractivity contribution in [1.82, 2.24) is 0 Å². The summed E-state index contributed by atoms with van der Waals surface area (Å²) in [4.78, 5) is 12.5. The second-order valence-corrected chi connectivity index (χ2v) is 6.24. The summed E-state index contributed by atoms with van der Waals surface area (Å²) in [5, 5.41) is 5.19. The fourth-order valence-electron chi connectivity index (χ4n) is 3.60. The maximum Gasteiger partial charge on any atom is 0.225 e. The molecular formula is C22H19NO3. The lowest BCUT2D eigenvalue weighted by Gasteiger charge is -2.28. The predicted octanol–water partition coefficient (Wildman–Crippen LogP) is 4.84. The van der Waals surface area contributed by atoms with Crippen LogP contribution in [0.3, 0.4) is 0 Å². The largest absolute Gasteiger partial charge is 0.497 e. The average molecular weight is 345 g/mol. The first kappa shape index (κ1) is 16.2. The highest BCUT2D eigenvalue weighted by atomic mass is 16.5. The first-order valence-corrected chi connectivity index (χ1v) is 8.48. The molecule has 0 fully saturated rings. The predicted molar refractivity (Wildman–Crippen MR) is 103 cm³/mol. The molecule has 0 saturated heterocycles. The highest BCUT2D eigenvalue weighted by molar-refractivity contribution is 6.06. The number of hydrogen-bond acceptors (Lipinski definition) is 3. The standard InChI is InChI=1S/C22H19NO3/c1-3-26-20-11-9-15(25-2)12-19(20)18-13-21(24)23-22-16-7-5-4-6-14(16)8-10-17(18)22/h3-12,18H,1,13H2,2H3,(H,23,24). The van der Waals surface area contributed by atoms with Gasteiger partial charge >= 0.3 is 0 Å². The van der Waals surface area contributed by atoms with E-state index in [4.69, 9.17) is 9.47 Å². The lowest BCUT2D eigenvalue weighted by molar-refractivity contribution is -0.116. The normalized spacial score (nSPS) is 15.9. The first-order chi connectivity index (χ1) is 12.7. The quantitative estimate of drug-likeness (QED) is 0.688. The van der Waals surface area contributed by atoms with Crippen molar-refractivity contribution >= 4 is 22.4 Å². The van der Waals surface area contributed by atoms with E-state index in [1.54, 1.807) is 7.11 Å². The molecule has 130 valence electrons. The van der Waals surface area contributed by atoms with Crippen LogP contribution in [-0.4, -0.2) is 13.0 Å². The lowest BCUT2D eigenvalue weighted by atomic mass is 9.83. The Morgan fingerprint density at radius 1 is 1.12 bits per heavy atom. The van der Waals surface area contributed by atoms with Crippen molar-refractivity contribution < 1.29 is 14.3 Å². The third-order valence-corrected chi connectivity index (χ3v) is 4.79. The lowest BCUT2D eigenvalue weighted by Crippen LogP contribution is -2.24. The van der Waals surface area contributed by atoms with Crippen LogP contribution >= 0.6 is 0 Å². The fourth-order valence-corrected chi connectivity index (χ4v) is 3.60. The molecule has 1 amide bonds. The van der Waals surface area contributed by atoms with Crippen LogP contribution in [0.15, 0.2) is 67.4 Å². The number of methoxy groups -OCH3 is 1. The zero-order chi connectivity index (χ0) is 18.1. The number of amides is 1. The SMILES string of the molecule is C=COc1ccc(OC)cc1C1CC(=O)Nc2c1ccc1ccccc21. The molecule has 0 aromatic heterocycles. The van der Waals surface area contributed by atoms with Gasteiger partial charge in [0.25, 0.3) is 0 Å². The summed E-state index contributed by atoms with van der Waals surface area (Å²) in [6, 6.07) is 17.8. The highest BCUT2D eigenvalue weighted by Crippen LogP contribution is 2.44. The molecule has 3 aromatic rings. The number of rotatable bonds is 4. The van der Waals surface area contributed by atoms with Crippen LogP contribution in [0.5, 0.6) is 11.5 Å². The summed E-state index contributed by atoms with van der Waals surface area (Å²) in [6.45, 7) is 3.65. The van der Waals surface area contributed by atoms with Crippen LogP contribution in [0.2, 0.25) is 0 Å². The monoisotopic (exact) mass is 345 g/mol. The van der Waals surface area contributed by atoms with Crippen molar-refractivity contribution in [1.29, 1.82) is 0 Å². The Kier molecular flexibility index (Phi) is 4.09. The van der Waals surface area contributed by atoms with E-state index in [1.165, 1.54) is 6.26 Å². The van der Waals surface area contributed by atoms with Gasteiger partial charge < -0.3 is 14.8 Å². The molecule has 1 unspecified atom stereocenters. The van der Waals surface area contributed by atoms with Crippen LogP contribution in [0.4, 0.5) is 5.69 Å². The summed E-state index contributed by atoms with van der Waals surface area (Å²) >= 11 is 0. The minimum atomic E-state index is -0.117. The topological polar surface area (TPSA) is 47.6 Å². The molecule has 1 N–H and O–H groups in total. The van der Waals surface area contributed by atoms with Crippen LogP contribution in [-0.2, 0) is 4.79 Å². The van der Waals surface area contributed by atoms with Crippen molar-refractivity contribution in [2.75, 3.05) is 12.4 Å². The van der Waals surface area contributed by atoms with Crippen LogP contribution in [0, 0.1) is 0 Å². The summed E-state index contributed by atoms with van der Waals surface area (Å²) in [6.07, 6.45) is 1.75. The Labute approximate surface area is 152 Å². The highest BCUT2D eigenvalue weighted by Gasteiger charge is 2.30. The van der Waals surface area contributed by atoms with Crippen LogP contribution in [0.25, 0.3) is 10.8 Å². The maximum atomic E-state index is 12.5. The molecular weight excluding hydrogens is 326 g/mol. The Morgan fingerprint density at radius 3 is 2.77 bits per heavy atom. The zero-order valence-corrected chi connectivity index (χ0v) is 14.5. The van der Waals surface area contributed by atoms with E-state index in [9.17, 15) is 4.79 Å². The van der Waals surface area contributed by atoms with Gasteiger partial charge in [-0.05, 0) is 29.1 Å². The molecule has 3 aromatic carbocycles. The number of anilines is 1. The Morgan fingerprint density at radius 2 is 1.96 bits per heavy atom. The Hall–Kier alpha value is -3.27. The zero-order valence-electron chi connectivity index (χ0n) is 14.5. The number of carbonyl (C=O) groups excluding carboxylic acids is 1. The molecule has 0 aliphatic carbocycles. The molecule has 0 saturated carbocycles. The number of fused-ring (bicyclic) bond motifs is 3. The van der Waals surface area contributed by atoms with Crippen LogP contribution in [0.1, 0.15) is 23.5 Å². The van der Waals surface area contributed by atoms with E-state index in [0.29, 0.717) is 12.2 Å². The molecule has 1 aliphatic rings. The van der Waals surface area contributed by atoms with Gasteiger partial charge in [-0.2, -0.15) is 0 Å². The first-order valence-electron chi connectivity index (χ1n) is 8.48. The molecule has 1 aliphatic heterocycles. The summed E-state index contributed by atoms with van der Waals surface area (Å²) in [5.41, 5.74) is 2.86. The van der Waals surface area contributed by atoms with Gasteiger partial charge in [0.05, 0.1) is 19.1 Å². The van der Waals surface area contributed by atoms with E-state index in [-0.39, 0.29) is 11.8 Å². The molecule has 0 bridgehead atoms. The van der Waals surface area contributed by atoms with Gasteiger partial charge in [-0.15, -0.1) is 0 Å². The molecule has 1 atom stereocenters. The summed E-state index contributed by atoms with van der Waals surface area (Å²) < 4.78 is 11.0. The second-order valence-electron chi connectivity index (χ2n) is 6.24. The van der Waals surface area contributed by atoms with E-state index in [2.05, 4.69) is 24.0 Å². The van der Waals surface area contributed by atoms with Crippen molar-refractivity contribution in [2.24, 2.45) is 0 Å². The Bertz CT molecular complexity index is 1010. The number of hydrogen-bond donors (Lipinski definition) is 1. The van der Waals surface area contributed by atoms with E-state index in [1.807, 2.05) is 42.5 Å². The smallest absolute Gasteiger partial charge is 0.225 e. The summed E-state index contributed by atoms with van der Waals surface area (Å²) in [7, 11) is 1.63. The third kappa shape index (κ3) is 2.69. The molecule has 0 radical (unpaired) electrons. The second kappa shape index (κ2) is 6.56. The number of benzene rings is 3. The molecule has 0 spiro atoms. The number of ether oxygens (including phenoxy) is 2. The number of nitrogens with one attached hydrogen (secondary N) is 1. The molecule has 26 heavy (non-hydrogen) atoms. The van der Waals surface area contributed by atoms with Gasteiger partial charge in [0.1, 0.15) is 11.5 Å². The van der Waals surface area contributed by atoms with Crippen molar-refractivity contribution in [3.05, 3.63) is 78.6 Å². The van der Waals surface area contributed by atoms with Gasteiger partial charge in [-0.25, -0.2) is 0 Å². The molecule has 4 heteroatoms. The summed E-state index contributed by atoms with van der Waals surface area (Å²) in [5.74, 6) is 1.28. The van der Waals surface area contributed by atoms with Gasteiger partial charge in [0, 0.05) is 23.3 Å². The minimum absolute atomic E-state index is 0.00812. The van der Waals surface area contributed by atoms with E-state index < -0.39 is 0 Å². The van der Waals surface area contributed by atoms with Crippen molar-refractivity contribution in [3.8, 4) is 11.5 Å². The van der Waals surface area contributed by atoms with Gasteiger partial charge in [0.2, 0.25) is 5.91 Å². The van der Waals surface area contributed by atoms with Gasteiger partial charge in [-0.1, -0.05) is 43.0 Å². The van der Waals surface area contributed by atoms with Crippen molar-refractivity contribution in [2.45, 2.75) is 12.3 Å². The Balaban J connectivity index is 1.93. The molecule has 4 nitrogen and oxygen atoms in total. The average Bonchev–Trinajstić information content (AvgIpc) is 2.68. The van der Waals surface area contributed by atoms with Gasteiger partial charge in [0.15, 0.2) is 0 Å². The third-order valence-electron chi connectivity index (χ3n) is 4.79. The van der Waals surface area contributed by atoms with Crippen molar-refractivity contribution in [3.63, 3.8) is 0 Å². The number of carbonyl (C=O) groups is 1. The van der Waals surface area contributed by atoms with Gasteiger partial charge in [-0.3, -0.25) is 4.79 Å².